The van der Waals surface area contributed by atoms with Gasteiger partial charge >= 0.3 is 0 Å². The zero-order valence-electron chi connectivity index (χ0n) is 7.81. The average molecular weight is 254 g/mol. The van der Waals surface area contributed by atoms with E-state index in [1.807, 2.05) is 0 Å². The van der Waals surface area contributed by atoms with Crippen molar-refractivity contribution in [3.8, 4) is 0 Å². The van der Waals surface area contributed by atoms with Crippen molar-refractivity contribution < 1.29 is 0 Å². The molecular weight excluding hydrogens is 248 g/mol. The Morgan fingerprint density at radius 2 is 1.19 bits per heavy atom. The lowest BCUT2D eigenvalue weighted by Crippen LogP contribution is -1.97. The summed E-state index contributed by atoms with van der Waals surface area (Å²) in [6.07, 6.45) is 2.68. The maximum Gasteiger partial charge on any atom is 0.224 e. The number of aromatic nitrogens is 6. The van der Waals surface area contributed by atoms with Crippen molar-refractivity contribution in [1.82, 2.24) is 29.9 Å². The Labute approximate surface area is 98.1 Å². The number of nitrogens with two attached hydrogens (primary N) is 2. The highest BCUT2D eigenvalue weighted by Crippen LogP contribution is 2.32. The minimum atomic E-state index is 0.174. The van der Waals surface area contributed by atoms with Crippen LogP contribution in [-0.4, -0.2) is 29.9 Å². The number of rotatable bonds is 3. The van der Waals surface area contributed by atoms with Crippen molar-refractivity contribution in [3.05, 3.63) is 12.7 Å². The molecule has 0 aliphatic heterocycles. The van der Waals surface area contributed by atoms with Crippen LogP contribution >= 0.6 is 21.6 Å². The monoisotopic (exact) mass is 254 g/mol. The molecule has 4 N–H and O–H groups in total. The van der Waals surface area contributed by atoms with Crippen LogP contribution in [-0.2, 0) is 0 Å². The van der Waals surface area contributed by atoms with Crippen molar-refractivity contribution in [2.24, 2.45) is 0 Å². The van der Waals surface area contributed by atoms with Crippen LogP contribution in [0.15, 0.2) is 23.0 Å². The SMILES string of the molecule is Nc1ncnc(SSc2ncnc(N)n2)n1. The summed E-state index contributed by atoms with van der Waals surface area (Å²) in [5.41, 5.74) is 10.8. The van der Waals surface area contributed by atoms with Crippen molar-refractivity contribution in [2.45, 2.75) is 10.3 Å². The van der Waals surface area contributed by atoms with Gasteiger partial charge in [0.05, 0.1) is 0 Å². The van der Waals surface area contributed by atoms with Crippen LogP contribution in [0.25, 0.3) is 0 Å². The molecule has 8 nitrogen and oxygen atoms in total. The Kier molecular flexibility index (Phi) is 3.31. The first kappa shape index (κ1) is 10.8. The molecule has 2 aromatic rings. The third-order valence-electron chi connectivity index (χ3n) is 1.33. The molecule has 2 rings (SSSR count). The zero-order valence-corrected chi connectivity index (χ0v) is 9.44. The Morgan fingerprint density at radius 3 is 1.56 bits per heavy atom. The maximum atomic E-state index is 5.41. The summed E-state index contributed by atoms with van der Waals surface area (Å²) < 4.78 is 0. The third kappa shape index (κ3) is 2.90. The Hall–Kier alpha value is -1.68. The number of hydrogen-bond donors (Lipinski definition) is 2. The molecule has 0 fully saturated rings. The highest BCUT2D eigenvalue weighted by Gasteiger charge is 2.04. The molecular formula is C6H6N8S2. The fraction of sp³-hybridized carbons (Fsp3) is 0. The zero-order chi connectivity index (χ0) is 11.4. The van der Waals surface area contributed by atoms with E-state index < -0.39 is 0 Å². The van der Waals surface area contributed by atoms with Gasteiger partial charge in [0.1, 0.15) is 12.7 Å². The summed E-state index contributed by atoms with van der Waals surface area (Å²) in [4.78, 5) is 23.0. The van der Waals surface area contributed by atoms with Crippen LogP contribution in [0, 0.1) is 0 Å². The second-order valence-corrected chi connectivity index (χ2v) is 4.48. The number of nitrogens with zero attached hydrogens (tertiary/aromatic N) is 6. The van der Waals surface area contributed by atoms with Gasteiger partial charge < -0.3 is 11.5 Å². The van der Waals surface area contributed by atoms with Gasteiger partial charge in [-0.3, -0.25) is 0 Å². The van der Waals surface area contributed by atoms with E-state index in [0.717, 1.165) is 0 Å². The summed E-state index contributed by atoms with van der Waals surface area (Å²) in [6, 6.07) is 0. The third-order valence-corrected chi connectivity index (χ3v) is 3.25. The molecule has 0 aliphatic rings. The number of anilines is 2. The molecule has 0 radical (unpaired) electrons. The van der Waals surface area contributed by atoms with Crippen LogP contribution in [0.1, 0.15) is 0 Å². The molecule has 0 bridgehead atoms. The molecule has 0 amide bonds. The molecule has 82 valence electrons. The minimum absolute atomic E-state index is 0.174. The van der Waals surface area contributed by atoms with Gasteiger partial charge in [-0.25, -0.2) is 19.9 Å². The highest BCUT2D eigenvalue weighted by atomic mass is 33.1. The first-order valence-corrected chi connectivity index (χ1v) is 6.12. The molecule has 0 unspecified atom stereocenters. The van der Waals surface area contributed by atoms with Gasteiger partial charge in [-0.1, -0.05) is 0 Å². The van der Waals surface area contributed by atoms with Gasteiger partial charge in [-0.05, 0) is 21.6 Å². The Morgan fingerprint density at radius 1 is 0.750 bits per heavy atom. The number of nitrogen functional groups attached to an aromatic ring is 2. The van der Waals surface area contributed by atoms with E-state index in [1.54, 1.807) is 0 Å². The van der Waals surface area contributed by atoms with Crippen molar-refractivity contribution in [1.29, 1.82) is 0 Å². The van der Waals surface area contributed by atoms with Crippen LogP contribution in [0.3, 0.4) is 0 Å². The van der Waals surface area contributed by atoms with Gasteiger partial charge in [0, 0.05) is 0 Å². The van der Waals surface area contributed by atoms with Crippen molar-refractivity contribution in [2.75, 3.05) is 11.5 Å². The predicted molar refractivity (Wildman–Crippen MR) is 60.2 cm³/mol. The fourth-order valence-electron chi connectivity index (χ4n) is 0.741. The first-order valence-electron chi connectivity index (χ1n) is 3.97. The molecule has 0 spiro atoms. The highest BCUT2D eigenvalue weighted by molar-refractivity contribution is 8.76. The van der Waals surface area contributed by atoms with E-state index in [4.69, 9.17) is 11.5 Å². The smallest absolute Gasteiger partial charge is 0.224 e. The first-order chi connectivity index (χ1) is 7.74. The quantitative estimate of drug-likeness (QED) is 0.723. The average Bonchev–Trinajstić information content (AvgIpc) is 2.27. The van der Waals surface area contributed by atoms with E-state index in [0.29, 0.717) is 10.3 Å². The summed E-state index contributed by atoms with van der Waals surface area (Å²) in [7, 11) is 2.52. The standard InChI is InChI=1S/C6H6N8S2/c7-3-9-1-11-5(13-3)15-16-6-12-2-10-4(8)14-6/h1-2H,(H2,7,9,11,13)(H2,8,10,12,14). The van der Waals surface area contributed by atoms with E-state index in [9.17, 15) is 0 Å². The van der Waals surface area contributed by atoms with E-state index in [-0.39, 0.29) is 11.9 Å². The van der Waals surface area contributed by atoms with E-state index >= 15 is 0 Å². The molecule has 0 saturated carbocycles. The molecule has 10 heteroatoms. The van der Waals surface area contributed by atoms with Gasteiger partial charge in [0.15, 0.2) is 0 Å². The van der Waals surface area contributed by atoms with Crippen molar-refractivity contribution in [3.63, 3.8) is 0 Å². The van der Waals surface area contributed by atoms with E-state index in [1.165, 1.54) is 34.2 Å². The molecule has 16 heavy (non-hydrogen) atoms. The van der Waals surface area contributed by atoms with Gasteiger partial charge in [-0.2, -0.15) is 9.97 Å². The summed E-state index contributed by atoms with van der Waals surface area (Å²) >= 11 is 0. The predicted octanol–water partition coefficient (Wildman–Crippen LogP) is 0.0204. The number of hydrogen-bond acceptors (Lipinski definition) is 10. The Balaban J connectivity index is 2.02. The molecule has 0 aromatic carbocycles. The van der Waals surface area contributed by atoms with Crippen LogP contribution in [0.2, 0.25) is 0 Å². The van der Waals surface area contributed by atoms with Gasteiger partial charge in [-0.15, -0.1) is 0 Å². The summed E-state index contributed by atoms with van der Waals surface area (Å²) in [5, 5.41) is 0.966. The lowest BCUT2D eigenvalue weighted by Gasteiger charge is -1.98. The lowest BCUT2D eigenvalue weighted by molar-refractivity contribution is 0.915. The molecule has 0 atom stereocenters. The topological polar surface area (TPSA) is 129 Å². The minimum Gasteiger partial charge on any atom is -0.368 e. The van der Waals surface area contributed by atoms with E-state index in [2.05, 4.69) is 29.9 Å². The summed E-state index contributed by atoms with van der Waals surface area (Å²) in [6.45, 7) is 0. The summed E-state index contributed by atoms with van der Waals surface area (Å²) in [5.74, 6) is 0.349. The Bertz CT molecular complexity index is 446. The molecule has 2 aromatic heterocycles. The molecule has 0 saturated heterocycles. The normalized spacial score (nSPS) is 10.2. The van der Waals surface area contributed by atoms with Crippen LogP contribution in [0.4, 0.5) is 11.9 Å². The van der Waals surface area contributed by atoms with Gasteiger partial charge in [0.25, 0.3) is 0 Å². The second kappa shape index (κ2) is 4.90. The molecule has 0 aliphatic carbocycles. The lowest BCUT2D eigenvalue weighted by atomic mass is 11.0. The molecule has 2 heterocycles. The fourth-order valence-corrected chi connectivity index (χ4v) is 2.26. The largest absolute Gasteiger partial charge is 0.368 e. The van der Waals surface area contributed by atoms with Crippen LogP contribution in [0.5, 0.6) is 0 Å². The second-order valence-electron chi connectivity index (χ2n) is 2.42. The van der Waals surface area contributed by atoms with Gasteiger partial charge in [0.2, 0.25) is 22.2 Å². The van der Waals surface area contributed by atoms with Crippen LogP contribution < -0.4 is 11.5 Å². The van der Waals surface area contributed by atoms with Crippen molar-refractivity contribution >= 4 is 33.5 Å². The maximum absolute atomic E-state index is 5.41.